The third kappa shape index (κ3) is 4.50. The summed E-state index contributed by atoms with van der Waals surface area (Å²) in [7, 11) is -0.698. The Labute approximate surface area is 85.0 Å². The predicted octanol–water partition coefficient (Wildman–Crippen LogP) is 0.920. The minimum absolute atomic E-state index is 0.698. The zero-order valence-electron chi connectivity index (χ0n) is 7.87. The molecule has 0 saturated carbocycles. The van der Waals surface area contributed by atoms with Gasteiger partial charge in [-0.1, -0.05) is 0 Å². The highest BCUT2D eigenvalue weighted by Crippen LogP contribution is 2.07. The minimum Gasteiger partial charge on any atom is -0.310 e. The summed E-state index contributed by atoms with van der Waals surface area (Å²) < 4.78 is 10.7. The standard InChI is InChI=1S/C8H14N2OS2/c1-7-6-12-8(10-7)5-9-3-4-13(2)11/h6,9H,3-5H2,1-2H3. The van der Waals surface area contributed by atoms with E-state index in [-0.39, 0.29) is 0 Å². The molecule has 1 rings (SSSR count). The monoisotopic (exact) mass is 218 g/mol. The highest BCUT2D eigenvalue weighted by atomic mass is 32.2. The first-order valence-electron chi connectivity index (χ1n) is 4.10. The molecule has 3 nitrogen and oxygen atoms in total. The third-order valence-corrected chi connectivity index (χ3v) is 3.25. The molecule has 0 bridgehead atoms. The van der Waals surface area contributed by atoms with Gasteiger partial charge in [0, 0.05) is 47.0 Å². The zero-order chi connectivity index (χ0) is 9.68. The van der Waals surface area contributed by atoms with Crippen molar-refractivity contribution in [1.29, 1.82) is 0 Å². The van der Waals surface area contributed by atoms with Crippen LogP contribution >= 0.6 is 11.3 Å². The van der Waals surface area contributed by atoms with Crippen molar-refractivity contribution in [3.8, 4) is 0 Å². The minimum atomic E-state index is -0.698. The highest BCUT2D eigenvalue weighted by Gasteiger charge is 1.97. The summed E-state index contributed by atoms with van der Waals surface area (Å²) >= 11 is 1.66. The van der Waals surface area contributed by atoms with Crippen molar-refractivity contribution < 1.29 is 4.21 Å². The van der Waals surface area contributed by atoms with Gasteiger partial charge in [-0.05, 0) is 6.92 Å². The Hall–Kier alpha value is -0.260. The van der Waals surface area contributed by atoms with Gasteiger partial charge in [-0.3, -0.25) is 4.21 Å². The lowest BCUT2D eigenvalue weighted by atomic mass is 10.5. The van der Waals surface area contributed by atoms with Crippen LogP contribution in [0, 0.1) is 6.92 Å². The summed E-state index contributed by atoms with van der Waals surface area (Å²) in [6.45, 7) is 3.57. The van der Waals surface area contributed by atoms with E-state index in [1.165, 1.54) is 0 Å². The van der Waals surface area contributed by atoms with Gasteiger partial charge in [0.1, 0.15) is 5.01 Å². The smallest absolute Gasteiger partial charge is 0.107 e. The lowest BCUT2D eigenvalue weighted by molar-refractivity contribution is 0.676. The van der Waals surface area contributed by atoms with Gasteiger partial charge in [-0.2, -0.15) is 0 Å². The lowest BCUT2D eigenvalue weighted by Crippen LogP contribution is -2.19. The van der Waals surface area contributed by atoms with Crippen molar-refractivity contribution in [2.24, 2.45) is 0 Å². The van der Waals surface area contributed by atoms with Crippen LogP contribution < -0.4 is 5.32 Å². The summed E-state index contributed by atoms with van der Waals surface area (Å²) in [6, 6.07) is 0. The molecule has 0 aliphatic rings. The van der Waals surface area contributed by atoms with E-state index in [9.17, 15) is 4.21 Å². The molecule has 0 amide bonds. The van der Waals surface area contributed by atoms with Gasteiger partial charge < -0.3 is 5.32 Å². The Morgan fingerprint density at radius 1 is 1.69 bits per heavy atom. The Kier molecular flexibility index (Phi) is 4.55. The van der Waals surface area contributed by atoms with E-state index in [0.29, 0.717) is 5.75 Å². The number of hydrogen-bond acceptors (Lipinski definition) is 4. The molecule has 0 fully saturated rings. The van der Waals surface area contributed by atoms with Crippen molar-refractivity contribution in [3.63, 3.8) is 0 Å². The number of nitrogens with one attached hydrogen (secondary N) is 1. The van der Waals surface area contributed by atoms with Crippen LogP contribution in [0.2, 0.25) is 0 Å². The SMILES string of the molecule is Cc1csc(CNCCS(C)=O)n1. The first-order valence-corrected chi connectivity index (χ1v) is 6.71. The molecule has 1 aromatic heterocycles. The van der Waals surface area contributed by atoms with Gasteiger partial charge in [0.2, 0.25) is 0 Å². The van der Waals surface area contributed by atoms with Crippen molar-refractivity contribution in [1.82, 2.24) is 10.3 Å². The van der Waals surface area contributed by atoms with Gasteiger partial charge in [0.25, 0.3) is 0 Å². The van der Waals surface area contributed by atoms with Gasteiger partial charge in [-0.15, -0.1) is 11.3 Å². The number of nitrogens with zero attached hydrogens (tertiary/aromatic N) is 1. The Bertz CT molecular complexity index is 285. The molecule has 0 aromatic carbocycles. The van der Waals surface area contributed by atoms with Crippen LogP contribution in [0.25, 0.3) is 0 Å². The summed E-state index contributed by atoms with van der Waals surface area (Å²) in [5.41, 5.74) is 1.07. The number of aryl methyl sites for hydroxylation is 1. The molecular weight excluding hydrogens is 204 g/mol. The molecule has 0 aliphatic carbocycles. The summed E-state index contributed by atoms with van der Waals surface area (Å²) in [6.07, 6.45) is 1.72. The summed E-state index contributed by atoms with van der Waals surface area (Å²) in [4.78, 5) is 4.31. The van der Waals surface area contributed by atoms with E-state index in [1.807, 2.05) is 12.3 Å². The van der Waals surface area contributed by atoms with Crippen LogP contribution in [-0.2, 0) is 17.3 Å². The van der Waals surface area contributed by atoms with E-state index < -0.39 is 10.8 Å². The Morgan fingerprint density at radius 3 is 3.00 bits per heavy atom. The van der Waals surface area contributed by atoms with Gasteiger partial charge in [-0.25, -0.2) is 4.98 Å². The first kappa shape index (κ1) is 10.8. The lowest BCUT2D eigenvalue weighted by Gasteiger charge is -1.99. The maximum Gasteiger partial charge on any atom is 0.107 e. The van der Waals surface area contributed by atoms with Crippen molar-refractivity contribution in [2.75, 3.05) is 18.6 Å². The maximum atomic E-state index is 10.7. The van der Waals surface area contributed by atoms with E-state index in [0.717, 1.165) is 23.8 Å². The van der Waals surface area contributed by atoms with Crippen LogP contribution in [0.3, 0.4) is 0 Å². The fourth-order valence-electron chi connectivity index (χ4n) is 0.895. The molecule has 1 N–H and O–H groups in total. The normalized spacial score (nSPS) is 13.1. The van der Waals surface area contributed by atoms with E-state index in [2.05, 4.69) is 10.3 Å². The fourth-order valence-corrected chi connectivity index (χ4v) is 2.07. The van der Waals surface area contributed by atoms with Crippen LogP contribution in [0.15, 0.2) is 5.38 Å². The second-order valence-electron chi connectivity index (χ2n) is 2.84. The molecule has 1 heterocycles. The second kappa shape index (κ2) is 5.47. The van der Waals surface area contributed by atoms with Crippen LogP contribution in [0.5, 0.6) is 0 Å². The molecular formula is C8H14N2OS2. The molecule has 13 heavy (non-hydrogen) atoms. The van der Waals surface area contributed by atoms with Gasteiger partial charge in [0.15, 0.2) is 0 Å². The van der Waals surface area contributed by atoms with Gasteiger partial charge >= 0.3 is 0 Å². The largest absolute Gasteiger partial charge is 0.310 e. The molecule has 0 spiro atoms. The van der Waals surface area contributed by atoms with Crippen molar-refractivity contribution >= 4 is 22.1 Å². The number of hydrogen-bond donors (Lipinski definition) is 1. The predicted molar refractivity (Wildman–Crippen MR) is 57.5 cm³/mol. The van der Waals surface area contributed by atoms with E-state index >= 15 is 0 Å². The van der Waals surface area contributed by atoms with Gasteiger partial charge in [0.05, 0.1) is 0 Å². The second-order valence-corrected chi connectivity index (χ2v) is 5.33. The maximum absolute atomic E-state index is 10.7. The number of rotatable bonds is 5. The van der Waals surface area contributed by atoms with E-state index in [1.54, 1.807) is 17.6 Å². The molecule has 74 valence electrons. The highest BCUT2D eigenvalue weighted by molar-refractivity contribution is 7.84. The molecule has 5 heteroatoms. The number of aromatic nitrogens is 1. The molecule has 1 atom stereocenters. The number of thiazole rings is 1. The van der Waals surface area contributed by atoms with Crippen LogP contribution in [0.4, 0.5) is 0 Å². The Morgan fingerprint density at radius 2 is 2.46 bits per heavy atom. The van der Waals surface area contributed by atoms with Crippen LogP contribution in [-0.4, -0.2) is 27.7 Å². The van der Waals surface area contributed by atoms with Crippen molar-refractivity contribution in [2.45, 2.75) is 13.5 Å². The fraction of sp³-hybridized carbons (Fsp3) is 0.625. The summed E-state index contributed by atoms with van der Waals surface area (Å²) in [5.74, 6) is 0.713. The average molecular weight is 218 g/mol. The topological polar surface area (TPSA) is 42.0 Å². The average Bonchev–Trinajstić information content (AvgIpc) is 2.45. The van der Waals surface area contributed by atoms with E-state index in [4.69, 9.17) is 0 Å². The molecule has 1 aromatic rings. The Balaban J connectivity index is 2.16. The van der Waals surface area contributed by atoms with Crippen molar-refractivity contribution in [3.05, 3.63) is 16.1 Å². The molecule has 0 aliphatic heterocycles. The quantitative estimate of drug-likeness (QED) is 0.747. The molecule has 0 saturated heterocycles. The summed E-state index contributed by atoms with van der Waals surface area (Å²) in [5, 5.41) is 6.33. The van der Waals surface area contributed by atoms with Crippen LogP contribution in [0.1, 0.15) is 10.7 Å². The first-order chi connectivity index (χ1) is 6.18. The third-order valence-electron chi connectivity index (χ3n) is 1.51. The molecule has 0 radical (unpaired) electrons. The molecule has 1 unspecified atom stereocenters. The zero-order valence-corrected chi connectivity index (χ0v) is 9.50.